The second-order valence-corrected chi connectivity index (χ2v) is 5.84. The molecule has 1 fully saturated rings. The summed E-state index contributed by atoms with van der Waals surface area (Å²) in [4.78, 5) is 11.3. The highest BCUT2D eigenvalue weighted by atomic mass is 16.5. The summed E-state index contributed by atoms with van der Waals surface area (Å²) in [6, 6.07) is 0. The summed E-state index contributed by atoms with van der Waals surface area (Å²) in [6.07, 6.45) is 11.8. The van der Waals surface area contributed by atoms with Gasteiger partial charge >= 0.3 is 0 Å². The molecule has 19 heavy (non-hydrogen) atoms. The summed E-state index contributed by atoms with van der Waals surface area (Å²) < 4.78 is 5.77. The molecular weight excluding hydrogens is 240 g/mol. The molecule has 2 rings (SSSR count). The molecule has 0 spiro atoms. The van der Waals surface area contributed by atoms with Crippen molar-refractivity contribution in [2.24, 2.45) is 0 Å². The minimum absolute atomic E-state index is 0.0595. The van der Waals surface area contributed by atoms with E-state index in [-0.39, 0.29) is 12.2 Å². The predicted molar refractivity (Wildman–Crippen MR) is 75.0 cm³/mol. The lowest BCUT2D eigenvalue weighted by Gasteiger charge is -2.27. The first-order valence-electron chi connectivity index (χ1n) is 7.77. The van der Waals surface area contributed by atoms with Crippen molar-refractivity contribution >= 4 is 5.78 Å². The lowest BCUT2D eigenvalue weighted by molar-refractivity contribution is -0.115. The summed E-state index contributed by atoms with van der Waals surface area (Å²) in [7, 11) is 0. The van der Waals surface area contributed by atoms with E-state index in [4.69, 9.17) is 4.74 Å². The zero-order valence-corrected chi connectivity index (χ0v) is 11.8. The first kappa shape index (κ1) is 14.7. The van der Waals surface area contributed by atoms with Gasteiger partial charge in [0.15, 0.2) is 5.78 Å². The lowest BCUT2D eigenvalue weighted by Crippen LogP contribution is -2.32. The number of carbonyl (C=O) groups excluding carboxylic acids is 1. The smallest absolute Gasteiger partial charge is 0.155 e. The van der Waals surface area contributed by atoms with Crippen molar-refractivity contribution in [1.82, 2.24) is 0 Å². The Bertz CT molecular complexity index is 322. The molecule has 3 nitrogen and oxygen atoms in total. The number of aliphatic hydroxyl groups is 1. The van der Waals surface area contributed by atoms with Crippen molar-refractivity contribution in [3.63, 3.8) is 0 Å². The number of rotatable bonds is 6. The molecular formula is C16H26O3. The van der Waals surface area contributed by atoms with Crippen LogP contribution in [-0.2, 0) is 9.53 Å². The van der Waals surface area contributed by atoms with Gasteiger partial charge in [0.05, 0.1) is 12.2 Å². The highest BCUT2D eigenvalue weighted by molar-refractivity contribution is 5.91. The Morgan fingerprint density at radius 1 is 1.16 bits per heavy atom. The van der Waals surface area contributed by atoms with Crippen LogP contribution in [0.5, 0.6) is 0 Å². The molecule has 108 valence electrons. The van der Waals surface area contributed by atoms with Crippen molar-refractivity contribution in [3.05, 3.63) is 11.6 Å². The second kappa shape index (κ2) is 7.81. The van der Waals surface area contributed by atoms with E-state index in [1.165, 1.54) is 12.0 Å². The highest BCUT2D eigenvalue weighted by Crippen LogP contribution is 2.22. The minimum Gasteiger partial charge on any atom is -0.390 e. The Hall–Kier alpha value is -0.670. The Morgan fingerprint density at radius 2 is 2.00 bits per heavy atom. The van der Waals surface area contributed by atoms with Gasteiger partial charge in [-0.15, -0.1) is 0 Å². The molecule has 1 N–H and O–H groups in total. The molecule has 0 aliphatic heterocycles. The number of ketones is 1. The van der Waals surface area contributed by atoms with Gasteiger partial charge < -0.3 is 9.84 Å². The number of ether oxygens (including phenoxy) is 1. The van der Waals surface area contributed by atoms with Crippen molar-refractivity contribution in [2.45, 2.75) is 76.4 Å². The van der Waals surface area contributed by atoms with Gasteiger partial charge in [0.25, 0.3) is 0 Å². The first-order valence-corrected chi connectivity index (χ1v) is 7.77. The van der Waals surface area contributed by atoms with Gasteiger partial charge in [0, 0.05) is 13.0 Å². The molecule has 0 amide bonds. The molecule has 2 unspecified atom stereocenters. The summed E-state index contributed by atoms with van der Waals surface area (Å²) in [5.74, 6) is 0.294. The third-order valence-electron chi connectivity index (χ3n) is 4.18. The van der Waals surface area contributed by atoms with Crippen molar-refractivity contribution < 1.29 is 14.6 Å². The highest BCUT2D eigenvalue weighted by Gasteiger charge is 2.23. The third-order valence-corrected chi connectivity index (χ3v) is 4.18. The SMILES string of the molecule is O=C1C=C(CCCCOC2CCCCC2O)CCC1. The maximum Gasteiger partial charge on any atom is 0.155 e. The van der Waals surface area contributed by atoms with Crippen LogP contribution in [0.25, 0.3) is 0 Å². The number of unbranched alkanes of at least 4 members (excludes halogenated alkanes) is 1. The standard InChI is InChI=1S/C16H26O3/c17-14-8-5-7-13(12-14)6-3-4-11-19-16-10-2-1-9-15(16)18/h12,15-16,18H,1-11H2. The Balaban J connectivity index is 1.55. The van der Waals surface area contributed by atoms with Crippen LogP contribution in [0.4, 0.5) is 0 Å². The quantitative estimate of drug-likeness (QED) is 0.751. The monoisotopic (exact) mass is 266 g/mol. The van der Waals surface area contributed by atoms with Crippen LogP contribution in [0.3, 0.4) is 0 Å². The van der Waals surface area contributed by atoms with E-state index in [0.29, 0.717) is 5.78 Å². The fourth-order valence-corrected chi connectivity index (χ4v) is 3.02. The number of hydrogen-bond acceptors (Lipinski definition) is 3. The van der Waals surface area contributed by atoms with E-state index in [0.717, 1.165) is 64.4 Å². The first-order chi connectivity index (χ1) is 9.25. The van der Waals surface area contributed by atoms with Crippen LogP contribution >= 0.6 is 0 Å². The molecule has 0 aromatic rings. The maximum atomic E-state index is 11.3. The van der Waals surface area contributed by atoms with Crippen LogP contribution in [0.1, 0.15) is 64.2 Å². The van der Waals surface area contributed by atoms with Gasteiger partial charge in [-0.2, -0.15) is 0 Å². The van der Waals surface area contributed by atoms with Crippen LogP contribution < -0.4 is 0 Å². The molecule has 0 bridgehead atoms. The molecule has 3 heteroatoms. The summed E-state index contributed by atoms with van der Waals surface area (Å²) in [6.45, 7) is 0.739. The zero-order chi connectivity index (χ0) is 13.5. The van der Waals surface area contributed by atoms with E-state index >= 15 is 0 Å². The molecule has 0 radical (unpaired) electrons. The molecule has 0 aromatic heterocycles. The van der Waals surface area contributed by atoms with E-state index in [1.54, 1.807) is 0 Å². The van der Waals surface area contributed by atoms with Gasteiger partial charge in [0.1, 0.15) is 0 Å². The van der Waals surface area contributed by atoms with Crippen molar-refractivity contribution in [1.29, 1.82) is 0 Å². The van der Waals surface area contributed by atoms with Crippen molar-refractivity contribution in [2.75, 3.05) is 6.61 Å². The van der Waals surface area contributed by atoms with Gasteiger partial charge in [-0.1, -0.05) is 18.4 Å². The second-order valence-electron chi connectivity index (χ2n) is 5.84. The summed E-state index contributed by atoms with van der Waals surface area (Å²) in [5, 5.41) is 9.79. The normalized spacial score (nSPS) is 28.3. The van der Waals surface area contributed by atoms with E-state index in [9.17, 15) is 9.90 Å². The lowest BCUT2D eigenvalue weighted by atomic mass is 9.94. The fraction of sp³-hybridized carbons (Fsp3) is 0.812. The summed E-state index contributed by atoms with van der Waals surface area (Å²) >= 11 is 0. The fourth-order valence-electron chi connectivity index (χ4n) is 3.02. The van der Waals surface area contributed by atoms with E-state index < -0.39 is 0 Å². The molecule has 1 saturated carbocycles. The molecule has 2 aliphatic carbocycles. The predicted octanol–water partition coefficient (Wildman–Crippen LogP) is 3.16. The number of carbonyl (C=O) groups is 1. The summed E-state index contributed by atoms with van der Waals surface area (Å²) in [5.41, 5.74) is 1.31. The minimum atomic E-state index is -0.257. The zero-order valence-electron chi connectivity index (χ0n) is 11.8. The number of aliphatic hydroxyl groups excluding tert-OH is 1. The van der Waals surface area contributed by atoms with Crippen LogP contribution in [0, 0.1) is 0 Å². The van der Waals surface area contributed by atoms with Crippen LogP contribution in [0.15, 0.2) is 11.6 Å². The van der Waals surface area contributed by atoms with Crippen LogP contribution in [0.2, 0.25) is 0 Å². The maximum absolute atomic E-state index is 11.3. The van der Waals surface area contributed by atoms with Gasteiger partial charge in [-0.25, -0.2) is 0 Å². The average molecular weight is 266 g/mol. The van der Waals surface area contributed by atoms with Crippen molar-refractivity contribution in [3.8, 4) is 0 Å². The Kier molecular flexibility index (Phi) is 6.05. The molecule has 2 aliphatic rings. The molecule has 0 aromatic carbocycles. The van der Waals surface area contributed by atoms with Crippen LogP contribution in [-0.4, -0.2) is 29.7 Å². The molecule has 0 heterocycles. The Labute approximate surface area is 116 Å². The van der Waals surface area contributed by atoms with Gasteiger partial charge in [-0.3, -0.25) is 4.79 Å². The molecule has 2 atom stereocenters. The van der Waals surface area contributed by atoms with E-state index in [1.807, 2.05) is 6.08 Å². The number of allylic oxidation sites excluding steroid dienone is 2. The van der Waals surface area contributed by atoms with Gasteiger partial charge in [0.2, 0.25) is 0 Å². The number of hydrogen-bond donors (Lipinski definition) is 1. The average Bonchev–Trinajstić information content (AvgIpc) is 2.40. The molecule has 0 saturated heterocycles. The topological polar surface area (TPSA) is 46.5 Å². The third kappa shape index (κ3) is 5.07. The van der Waals surface area contributed by atoms with E-state index in [2.05, 4.69) is 0 Å². The largest absolute Gasteiger partial charge is 0.390 e. The van der Waals surface area contributed by atoms with Gasteiger partial charge in [-0.05, 0) is 51.0 Å². The Morgan fingerprint density at radius 3 is 2.79 bits per heavy atom.